The minimum absolute atomic E-state index is 0.0262. The molecule has 0 saturated carbocycles. The second kappa shape index (κ2) is 5.68. The lowest BCUT2D eigenvalue weighted by Crippen LogP contribution is -2.41. The summed E-state index contributed by atoms with van der Waals surface area (Å²) in [5.74, 6) is -1.84. The van der Waals surface area contributed by atoms with Crippen molar-refractivity contribution in [2.24, 2.45) is 11.8 Å². The summed E-state index contributed by atoms with van der Waals surface area (Å²) in [7, 11) is 0. The highest BCUT2D eigenvalue weighted by atomic mass is 16.4. The number of hydrogen-bond acceptors (Lipinski definition) is 2. The van der Waals surface area contributed by atoms with Crippen LogP contribution in [0.15, 0.2) is 12.2 Å². The Morgan fingerprint density at radius 1 is 1.19 bits per heavy atom. The van der Waals surface area contributed by atoms with Crippen LogP contribution in [0.25, 0.3) is 0 Å². The molecular weight excluding hydrogens is 206 g/mol. The van der Waals surface area contributed by atoms with Gasteiger partial charge in [0, 0.05) is 13.1 Å². The molecule has 1 amide bonds. The zero-order valence-electron chi connectivity index (χ0n) is 9.85. The Balaban J connectivity index is 2.79. The van der Waals surface area contributed by atoms with E-state index in [0.717, 1.165) is 0 Å². The molecule has 0 fully saturated rings. The fourth-order valence-electron chi connectivity index (χ4n) is 2.13. The molecule has 1 aliphatic rings. The maximum Gasteiger partial charge on any atom is 0.307 e. The Bertz CT molecular complexity index is 295. The van der Waals surface area contributed by atoms with E-state index in [1.54, 1.807) is 4.90 Å². The van der Waals surface area contributed by atoms with E-state index in [0.29, 0.717) is 25.9 Å². The van der Waals surface area contributed by atoms with Gasteiger partial charge in [-0.3, -0.25) is 9.59 Å². The predicted octanol–water partition coefficient (Wildman–Crippen LogP) is 1.52. The van der Waals surface area contributed by atoms with Crippen LogP contribution in [0, 0.1) is 11.8 Å². The zero-order chi connectivity index (χ0) is 12.1. The number of carboxylic acids is 1. The van der Waals surface area contributed by atoms with Crippen LogP contribution in [-0.2, 0) is 9.59 Å². The Labute approximate surface area is 95.9 Å². The molecular formula is C12H19NO3. The van der Waals surface area contributed by atoms with Crippen LogP contribution in [0.2, 0.25) is 0 Å². The standard InChI is InChI=1S/C12H19NO3/c1-3-13(4-2)11(14)9-7-5-6-8-10(9)12(15)16/h5-6,9-10H,3-4,7-8H2,1-2H3,(H,15,16)/t9-,10+/m0/s1. The average molecular weight is 225 g/mol. The minimum atomic E-state index is -0.866. The molecule has 0 saturated heterocycles. The van der Waals surface area contributed by atoms with E-state index < -0.39 is 11.9 Å². The topological polar surface area (TPSA) is 57.6 Å². The molecule has 16 heavy (non-hydrogen) atoms. The summed E-state index contributed by atoms with van der Waals surface area (Å²) in [6.07, 6.45) is 4.77. The largest absolute Gasteiger partial charge is 0.481 e. The summed E-state index contributed by atoms with van der Waals surface area (Å²) in [5.41, 5.74) is 0. The number of nitrogens with zero attached hydrogens (tertiary/aromatic N) is 1. The van der Waals surface area contributed by atoms with Crippen LogP contribution in [0.1, 0.15) is 26.7 Å². The van der Waals surface area contributed by atoms with Crippen molar-refractivity contribution in [1.29, 1.82) is 0 Å². The fraction of sp³-hybridized carbons (Fsp3) is 0.667. The molecule has 0 heterocycles. The SMILES string of the molecule is CCN(CC)C(=O)[C@H]1CC=CC[C@H]1C(=O)O. The number of amides is 1. The van der Waals surface area contributed by atoms with E-state index in [1.807, 2.05) is 26.0 Å². The van der Waals surface area contributed by atoms with Crippen molar-refractivity contribution < 1.29 is 14.7 Å². The molecule has 2 atom stereocenters. The molecule has 0 aromatic rings. The predicted molar refractivity (Wildman–Crippen MR) is 60.9 cm³/mol. The highest BCUT2D eigenvalue weighted by molar-refractivity contribution is 5.85. The van der Waals surface area contributed by atoms with Crippen LogP contribution in [0.4, 0.5) is 0 Å². The first-order chi connectivity index (χ1) is 7.61. The summed E-state index contributed by atoms with van der Waals surface area (Å²) >= 11 is 0. The molecule has 0 bridgehead atoms. The lowest BCUT2D eigenvalue weighted by Gasteiger charge is -2.29. The Morgan fingerprint density at radius 2 is 1.69 bits per heavy atom. The number of hydrogen-bond donors (Lipinski definition) is 1. The molecule has 0 spiro atoms. The minimum Gasteiger partial charge on any atom is -0.481 e. The zero-order valence-corrected chi connectivity index (χ0v) is 9.85. The van der Waals surface area contributed by atoms with E-state index >= 15 is 0 Å². The molecule has 0 aliphatic heterocycles. The second-order valence-corrected chi connectivity index (χ2v) is 4.00. The van der Waals surface area contributed by atoms with Crippen molar-refractivity contribution in [3.05, 3.63) is 12.2 Å². The first-order valence-corrected chi connectivity index (χ1v) is 5.78. The maximum atomic E-state index is 12.1. The van der Waals surface area contributed by atoms with Gasteiger partial charge in [0.15, 0.2) is 0 Å². The van der Waals surface area contributed by atoms with Crippen LogP contribution < -0.4 is 0 Å². The van der Waals surface area contributed by atoms with Gasteiger partial charge in [-0.1, -0.05) is 12.2 Å². The maximum absolute atomic E-state index is 12.1. The van der Waals surface area contributed by atoms with Gasteiger partial charge in [0.25, 0.3) is 0 Å². The quantitative estimate of drug-likeness (QED) is 0.738. The van der Waals surface area contributed by atoms with Gasteiger partial charge in [-0.05, 0) is 26.7 Å². The molecule has 1 rings (SSSR count). The third-order valence-electron chi connectivity index (χ3n) is 3.14. The van der Waals surface area contributed by atoms with Gasteiger partial charge in [-0.15, -0.1) is 0 Å². The summed E-state index contributed by atoms with van der Waals surface area (Å²) in [5, 5.41) is 9.08. The highest BCUT2D eigenvalue weighted by Crippen LogP contribution is 2.27. The fourth-order valence-corrected chi connectivity index (χ4v) is 2.13. The third-order valence-corrected chi connectivity index (χ3v) is 3.14. The Hall–Kier alpha value is -1.32. The number of carbonyl (C=O) groups is 2. The highest BCUT2D eigenvalue weighted by Gasteiger charge is 2.35. The van der Waals surface area contributed by atoms with E-state index in [2.05, 4.69) is 0 Å². The number of carboxylic acid groups (broad SMARTS) is 1. The van der Waals surface area contributed by atoms with Gasteiger partial charge >= 0.3 is 5.97 Å². The van der Waals surface area contributed by atoms with Crippen molar-refractivity contribution in [3.63, 3.8) is 0 Å². The van der Waals surface area contributed by atoms with E-state index in [4.69, 9.17) is 5.11 Å². The van der Waals surface area contributed by atoms with Gasteiger partial charge in [0.05, 0.1) is 11.8 Å². The van der Waals surface area contributed by atoms with Crippen molar-refractivity contribution in [3.8, 4) is 0 Å². The number of allylic oxidation sites excluding steroid dienone is 2. The molecule has 0 radical (unpaired) electrons. The summed E-state index contributed by atoms with van der Waals surface area (Å²) < 4.78 is 0. The van der Waals surface area contributed by atoms with Crippen LogP contribution in [0.5, 0.6) is 0 Å². The Kier molecular flexibility index (Phi) is 4.52. The first-order valence-electron chi connectivity index (χ1n) is 5.78. The number of rotatable bonds is 4. The average Bonchev–Trinajstić information content (AvgIpc) is 2.30. The van der Waals surface area contributed by atoms with Gasteiger partial charge in [-0.2, -0.15) is 0 Å². The van der Waals surface area contributed by atoms with Gasteiger partial charge in [0.2, 0.25) is 5.91 Å². The van der Waals surface area contributed by atoms with Crippen molar-refractivity contribution in [2.45, 2.75) is 26.7 Å². The normalized spacial score (nSPS) is 24.1. The lowest BCUT2D eigenvalue weighted by atomic mass is 9.82. The van der Waals surface area contributed by atoms with E-state index in [1.165, 1.54) is 0 Å². The second-order valence-electron chi connectivity index (χ2n) is 4.00. The van der Waals surface area contributed by atoms with Crippen LogP contribution in [-0.4, -0.2) is 35.0 Å². The van der Waals surface area contributed by atoms with Crippen LogP contribution in [0.3, 0.4) is 0 Å². The van der Waals surface area contributed by atoms with Crippen LogP contribution >= 0.6 is 0 Å². The molecule has 1 aliphatic carbocycles. The molecule has 0 unspecified atom stereocenters. The van der Waals surface area contributed by atoms with Crippen molar-refractivity contribution in [1.82, 2.24) is 4.90 Å². The smallest absolute Gasteiger partial charge is 0.307 e. The molecule has 0 aromatic carbocycles. The molecule has 4 nitrogen and oxygen atoms in total. The number of aliphatic carboxylic acids is 1. The first kappa shape index (κ1) is 12.7. The lowest BCUT2D eigenvalue weighted by molar-refractivity contribution is -0.150. The summed E-state index contributed by atoms with van der Waals surface area (Å²) in [6, 6.07) is 0. The van der Waals surface area contributed by atoms with Crippen molar-refractivity contribution in [2.75, 3.05) is 13.1 Å². The Morgan fingerprint density at radius 3 is 2.12 bits per heavy atom. The molecule has 4 heteroatoms. The van der Waals surface area contributed by atoms with Gasteiger partial charge in [-0.25, -0.2) is 0 Å². The summed E-state index contributed by atoms with van der Waals surface area (Å²) in [6.45, 7) is 5.11. The third kappa shape index (κ3) is 2.62. The molecule has 0 aromatic heterocycles. The van der Waals surface area contributed by atoms with E-state index in [9.17, 15) is 9.59 Å². The number of carbonyl (C=O) groups excluding carboxylic acids is 1. The van der Waals surface area contributed by atoms with Crippen molar-refractivity contribution >= 4 is 11.9 Å². The monoisotopic (exact) mass is 225 g/mol. The van der Waals surface area contributed by atoms with Gasteiger partial charge < -0.3 is 10.0 Å². The molecule has 90 valence electrons. The molecule has 1 N–H and O–H groups in total. The van der Waals surface area contributed by atoms with Gasteiger partial charge in [0.1, 0.15) is 0 Å². The summed E-state index contributed by atoms with van der Waals surface area (Å²) in [4.78, 5) is 24.9. The van der Waals surface area contributed by atoms with E-state index in [-0.39, 0.29) is 11.8 Å².